The maximum Gasteiger partial charge on any atom is 0.159 e. The molecule has 1 heterocycles. The van der Waals surface area contributed by atoms with E-state index in [0.717, 1.165) is 53.9 Å². The second-order valence-corrected chi connectivity index (χ2v) is 6.84. The third kappa shape index (κ3) is 5.01. The van der Waals surface area contributed by atoms with Crippen LogP contribution < -0.4 is 10.1 Å². The topological polar surface area (TPSA) is 59.2 Å². The van der Waals surface area contributed by atoms with Crippen molar-refractivity contribution in [2.75, 3.05) is 32.2 Å². The summed E-state index contributed by atoms with van der Waals surface area (Å²) in [4.78, 5) is 0. The summed E-state index contributed by atoms with van der Waals surface area (Å²) in [7, 11) is 1.65. The summed E-state index contributed by atoms with van der Waals surface area (Å²) in [6.45, 7) is 4.18. The highest BCUT2D eigenvalue weighted by Gasteiger charge is 2.16. The molecule has 0 aliphatic carbocycles. The van der Waals surface area contributed by atoms with Gasteiger partial charge in [0, 0.05) is 25.7 Å². The Morgan fingerprint density at radius 2 is 2.04 bits per heavy atom. The Bertz CT molecular complexity index is 881. The lowest BCUT2D eigenvalue weighted by Gasteiger charge is -2.18. The fraction of sp³-hybridized carbons (Fsp3) is 0.409. The number of ether oxygens (including phenoxy) is 2. The summed E-state index contributed by atoms with van der Waals surface area (Å²) >= 11 is 0. The minimum atomic E-state index is -0.221. The molecule has 0 saturated carbocycles. The monoisotopic (exact) mass is 385 g/mol. The van der Waals surface area contributed by atoms with Gasteiger partial charge in [0.05, 0.1) is 18.0 Å². The van der Waals surface area contributed by atoms with Crippen molar-refractivity contribution < 1.29 is 13.9 Å². The highest BCUT2D eigenvalue weighted by Crippen LogP contribution is 2.31. The molecule has 0 fully saturated rings. The van der Waals surface area contributed by atoms with Gasteiger partial charge in [-0.1, -0.05) is 31.5 Å². The van der Waals surface area contributed by atoms with Gasteiger partial charge in [-0.15, -0.1) is 0 Å². The number of nitrogens with zero attached hydrogens (tertiary/aromatic N) is 1. The van der Waals surface area contributed by atoms with Gasteiger partial charge in [0.1, 0.15) is 11.6 Å². The SMILES string of the molecule is CCCCOCCC(CNc1n[nH]c2cccc(OC)c12)c1cccc(F)c1. The highest BCUT2D eigenvalue weighted by molar-refractivity contribution is 5.95. The van der Waals surface area contributed by atoms with Crippen LogP contribution in [0.15, 0.2) is 42.5 Å². The summed E-state index contributed by atoms with van der Waals surface area (Å²) in [6.07, 6.45) is 2.98. The summed E-state index contributed by atoms with van der Waals surface area (Å²) in [5, 5.41) is 11.7. The Labute approximate surface area is 165 Å². The number of rotatable bonds is 11. The molecule has 2 N–H and O–H groups in total. The van der Waals surface area contributed by atoms with Crippen LogP contribution in [-0.4, -0.2) is 37.1 Å². The van der Waals surface area contributed by atoms with Crippen LogP contribution in [0.2, 0.25) is 0 Å². The Balaban J connectivity index is 1.72. The Morgan fingerprint density at radius 1 is 1.18 bits per heavy atom. The zero-order valence-electron chi connectivity index (χ0n) is 16.5. The van der Waals surface area contributed by atoms with Crippen molar-refractivity contribution in [1.29, 1.82) is 0 Å². The minimum absolute atomic E-state index is 0.110. The number of H-pyrrole nitrogens is 1. The van der Waals surface area contributed by atoms with Gasteiger partial charge in [0.2, 0.25) is 0 Å². The maximum absolute atomic E-state index is 13.8. The number of unbranched alkanes of at least 4 members (excludes halogenated alkanes) is 1. The average Bonchev–Trinajstić information content (AvgIpc) is 3.13. The minimum Gasteiger partial charge on any atom is -0.496 e. The number of fused-ring (bicyclic) bond motifs is 1. The van der Waals surface area contributed by atoms with Gasteiger partial charge in [-0.3, -0.25) is 5.10 Å². The number of anilines is 1. The molecule has 1 aromatic heterocycles. The lowest BCUT2D eigenvalue weighted by Crippen LogP contribution is -2.16. The molecule has 0 spiro atoms. The fourth-order valence-corrected chi connectivity index (χ4v) is 3.28. The number of aromatic nitrogens is 2. The molecule has 5 nitrogen and oxygen atoms in total. The van der Waals surface area contributed by atoms with Crippen molar-refractivity contribution in [1.82, 2.24) is 10.2 Å². The lowest BCUT2D eigenvalue weighted by molar-refractivity contribution is 0.124. The Kier molecular flexibility index (Phi) is 7.25. The third-order valence-corrected chi connectivity index (χ3v) is 4.86. The molecule has 0 radical (unpaired) electrons. The van der Waals surface area contributed by atoms with E-state index < -0.39 is 0 Å². The van der Waals surface area contributed by atoms with Crippen LogP contribution in [0.4, 0.5) is 10.2 Å². The molecule has 1 unspecified atom stereocenters. The zero-order chi connectivity index (χ0) is 19.8. The summed E-state index contributed by atoms with van der Waals surface area (Å²) < 4.78 is 25.0. The van der Waals surface area contributed by atoms with Gasteiger partial charge in [-0.25, -0.2) is 4.39 Å². The Hall–Kier alpha value is -2.60. The van der Waals surface area contributed by atoms with Gasteiger partial charge >= 0.3 is 0 Å². The average molecular weight is 385 g/mol. The smallest absolute Gasteiger partial charge is 0.159 e. The van der Waals surface area contributed by atoms with E-state index in [1.165, 1.54) is 6.07 Å². The van der Waals surface area contributed by atoms with Crippen LogP contribution >= 0.6 is 0 Å². The number of aromatic amines is 1. The predicted molar refractivity (Wildman–Crippen MR) is 111 cm³/mol. The first-order valence-corrected chi connectivity index (χ1v) is 9.81. The predicted octanol–water partition coefficient (Wildman–Crippen LogP) is 5.11. The number of nitrogens with one attached hydrogen (secondary N) is 2. The van der Waals surface area contributed by atoms with E-state index >= 15 is 0 Å². The van der Waals surface area contributed by atoms with Crippen LogP contribution in [0, 0.1) is 5.82 Å². The van der Waals surface area contributed by atoms with Crippen molar-refractivity contribution in [2.24, 2.45) is 0 Å². The van der Waals surface area contributed by atoms with E-state index in [-0.39, 0.29) is 11.7 Å². The van der Waals surface area contributed by atoms with Crippen LogP contribution in [0.5, 0.6) is 5.75 Å². The molecule has 0 amide bonds. The van der Waals surface area contributed by atoms with Crippen LogP contribution in [-0.2, 0) is 4.74 Å². The number of hydrogen-bond donors (Lipinski definition) is 2. The van der Waals surface area contributed by atoms with Gasteiger partial charge in [-0.05, 0) is 42.7 Å². The first-order valence-electron chi connectivity index (χ1n) is 9.81. The molecule has 2 aromatic carbocycles. The molecule has 1 atom stereocenters. The van der Waals surface area contributed by atoms with E-state index in [1.54, 1.807) is 19.2 Å². The quantitative estimate of drug-likeness (QED) is 0.450. The standard InChI is InChI=1S/C22H28FN3O2/c1-3-4-12-28-13-11-17(16-7-5-8-18(23)14-16)15-24-22-21-19(25-26-22)9-6-10-20(21)27-2/h5-10,14,17H,3-4,11-13,15H2,1-2H3,(H2,24,25,26). The number of benzene rings is 2. The first kappa shape index (κ1) is 20.1. The van der Waals surface area contributed by atoms with Crippen molar-refractivity contribution >= 4 is 16.7 Å². The maximum atomic E-state index is 13.8. The fourth-order valence-electron chi connectivity index (χ4n) is 3.28. The molecular formula is C22H28FN3O2. The Morgan fingerprint density at radius 3 is 2.82 bits per heavy atom. The lowest BCUT2D eigenvalue weighted by atomic mass is 9.95. The number of methoxy groups -OCH3 is 1. The van der Waals surface area contributed by atoms with Gasteiger partial charge < -0.3 is 14.8 Å². The molecule has 6 heteroatoms. The molecule has 28 heavy (non-hydrogen) atoms. The van der Waals surface area contributed by atoms with Crippen LogP contribution in [0.3, 0.4) is 0 Å². The molecule has 3 aromatic rings. The molecule has 0 saturated heterocycles. The molecular weight excluding hydrogens is 357 g/mol. The molecule has 0 aliphatic rings. The van der Waals surface area contributed by atoms with E-state index in [9.17, 15) is 4.39 Å². The summed E-state index contributed by atoms with van der Waals surface area (Å²) in [5.41, 5.74) is 1.87. The second-order valence-electron chi connectivity index (χ2n) is 6.84. The van der Waals surface area contributed by atoms with Crippen molar-refractivity contribution in [3.63, 3.8) is 0 Å². The van der Waals surface area contributed by atoms with Gasteiger partial charge in [0.15, 0.2) is 5.82 Å². The first-order chi connectivity index (χ1) is 13.7. The largest absolute Gasteiger partial charge is 0.496 e. The van der Waals surface area contributed by atoms with Crippen LogP contribution in [0.25, 0.3) is 10.9 Å². The molecule has 150 valence electrons. The van der Waals surface area contributed by atoms with Crippen molar-refractivity contribution in [3.05, 3.63) is 53.8 Å². The van der Waals surface area contributed by atoms with E-state index in [4.69, 9.17) is 9.47 Å². The van der Waals surface area contributed by atoms with Gasteiger partial charge in [0.25, 0.3) is 0 Å². The van der Waals surface area contributed by atoms with Crippen molar-refractivity contribution in [2.45, 2.75) is 32.1 Å². The summed E-state index contributed by atoms with van der Waals surface area (Å²) in [6, 6.07) is 12.6. The van der Waals surface area contributed by atoms with Crippen LogP contribution in [0.1, 0.15) is 37.7 Å². The zero-order valence-corrected chi connectivity index (χ0v) is 16.5. The highest BCUT2D eigenvalue weighted by atomic mass is 19.1. The van der Waals surface area contributed by atoms with Crippen molar-refractivity contribution in [3.8, 4) is 5.75 Å². The van der Waals surface area contributed by atoms with E-state index in [1.807, 2.05) is 24.3 Å². The van der Waals surface area contributed by atoms with Gasteiger partial charge in [-0.2, -0.15) is 5.10 Å². The normalized spacial score (nSPS) is 12.2. The number of hydrogen-bond acceptors (Lipinski definition) is 4. The summed E-state index contributed by atoms with van der Waals surface area (Å²) in [5.74, 6) is 1.39. The molecule has 0 bridgehead atoms. The molecule has 3 rings (SSSR count). The van der Waals surface area contributed by atoms with E-state index in [2.05, 4.69) is 22.4 Å². The molecule has 0 aliphatic heterocycles. The third-order valence-electron chi connectivity index (χ3n) is 4.86. The van der Waals surface area contributed by atoms with E-state index in [0.29, 0.717) is 13.2 Å². The second kappa shape index (κ2) is 10.1. The number of halogens is 1.